The zero-order chi connectivity index (χ0) is 12.5. The maximum absolute atomic E-state index is 6.46. The molecule has 0 spiro atoms. The third kappa shape index (κ3) is 2.03. The normalized spacial score (nSPS) is 19.2. The van der Waals surface area contributed by atoms with Gasteiger partial charge >= 0.3 is 0 Å². The number of hydrogen-bond donors (Lipinski definition) is 1. The third-order valence-corrected chi connectivity index (χ3v) is 4.20. The summed E-state index contributed by atoms with van der Waals surface area (Å²) in [5.74, 6) is 0.625. The maximum Gasteiger partial charge on any atom is 0.137 e. The van der Waals surface area contributed by atoms with Gasteiger partial charge in [0.05, 0.1) is 11.9 Å². The maximum atomic E-state index is 6.46. The minimum atomic E-state index is 0.128. The Morgan fingerprint density at radius 1 is 1.33 bits per heavy atom. The highest BCUT2D eigenvalue weighted by molar-refractivity contribution is 5.43. The van der Waals surface area contributed by atoms with Crippen LogP contribution in [0, 0.1) is 12.8 Å². The van der Waals surface area contributed by atoms with Crippen LogP contribution in [-0.2, 0) is 0 Å². The lowest BCUT2D eigenvalue weighted by Gasteiger charge is -2.27. The van der Waals surface area contributed by atoms with Crippen LogP contribution in [-0.4, -0.2) is 9.38 Å². The Balaban J connectivity index is 1.93. The Bertz CT molecular complexity index is 538. The van der Waals surface area contributed by atoms with E-state index in [2.05, 4.69) is 34.6 Å². The Morgan fingerprint density at radius 3 is 2.89 bits per heavy atom. The molecule has 1 saturated carbocycles. The number of fused-ring (bicyclic) bond motifs is 1. The van der Waals surface area contributed by atoms with Gasteiger partial charge in [-0.3, -0.25) is 0 Å². The van der Waals surface area contributed by atoms with Crippen LogP contribution in [0.4, 0.5) is 0 Å². The Hall–Kier alpha value is -1.35. The highest BCUT2D eigenvalue weighted by Crippen LogP contribution is 2.33. The molecule has 3 rings (SSSR count). The monoisotopic (exact) mass is 243 g/mol. The average Bonchev–Trinajstić information content (AvgIpc) is 2.81. The van der Waals surface area contributed by atoms with Crippen molar-refractivity contribution in [3.8, 4) is 0 Å². The summed E-state index contributed by atoms with van der Waals surface area (Å²) in [6.07, 6.45) is 10.6. The lowest BCUT2D eigenvalue weighted by atomic mass is 9.83. The molecule has 0 amide bonds. The van der Waals surface area contributed by atoms with E-state index < -0.39 is 0 Å². The number of pyridine rings is 1. The second-order valence-corrected chi connectivity index (χ2v) is 5.54. The summed E-state index contributed by atoms with van der Waals surface area (Å²) in [4.78, 5) is 4.48. The number of nitrogens with zero attached hydrogens (tertiary/aromatic N) is 2. The van der Waals surface area contributed by atoms with Crippen LogP contribution >= 0.6 is 0 Å². The first-order chi connectivity index (χ1) is 8.75. The van der Waals surface area contributed by atoms with E-state index in [9.17, 15) is 0 Å². The van der Waals surface area contributed by atoms with Crippen molar-refractivity contribution in [1.82, 2.24) is 9.38 Å². The van der Waals surface area contributed by atoms with Gasteiger partial charge < -0.3 is 10.1 Å². The van der Waals surface area contributed by atoms with Gasteiger partial charge in [-0.05, 0) is 43.4 Å². The Kier molecular flexibility index (Phi) is 3.08. The molecular formula is C15H21N3. The third-order valence-electron chi connectivity index (χ3n) is 4.20. The average molecular weight is 243 g/mol. The molecule has 1 aliphatic rings. The van der Waals surface area contributed by atoms with E-state index in [1.165, 1.54) is 37.7 Å². The van der Waals surface area contributed by atoms with Crippen molar-refractivity contribution in [2.75, 3.05) is 0 Å². The van der Waals surface area contributed by atoms with Gasteiger partial charge in [0.25, 0.3) is 0 Å². The van der Waals surface area contributed by atoms with Gasteiger partial charge in [-0.2, -0.15) is 0 Å². The topological polar surface area (TPSA) is 43.3 Å². The minimum absolute atomic E-state index is 0.128. The summed E-state index contributed by atoms with van der Waals surface area (Å²) in [5.41, 5.74) is 9.87. The number of rotatable bonds is 2. The summed E-state index contributed by atoms with van der Waals surface area (Å²) in [6, 6.07) is 4.35. The van der Waals surface area contributed by atoms with Crippen LogP contribution in [0.1, 0.15) is 49.4 Å². The predicted octanol–water partition coefficient (Wildman–Crippen LogP) is 3.22. The molecular weight excluding hydrogens is 222 g/mol. The number of aryl methyl sites for hydroxylation is 1. The highest BCUT2D eigenvalue weighted by Gasteiger charge is 2.24. The largest absolute Gasteiger partial charge is 0.322 e. The Morgan fingerprint density at radius 2 is 2.11 bits per heavy atom. The number of nitrogens with two attached hydrogens (primary N) is 1. The molecule has 1 aliphatic carbocycles. The predicted molar refractivity (Wildman–Crippen MR) is 73.4 cm³/mol. The summed E-state index contributed by atoms with van der Waals surface area (Å²) >= 11 is 0. The molecule has 1 atom stereocenters. The number of aromatic nitrogens is 2. The van der Waals surface area contributed by atoms with Crippen molar-refractivity contribution < 1.29 is 0 Å². The highest BCUT2D eigenvalue weighted by atomic mass is 15.0. The van der Waals surface area contributed by atoms with Crippen LogP contribution in [0.3, 0.4) is 0 Å². The van der Waals surface area contributed by atoms with Crippen LogP contribution < -0.4 is 5.73 Å². The van der Waals surface area contributed by atoms with Gasteiger partial charge in [0.15, 0.2) is 0 Å². The van der Waals surface area contributed by atoms with E-state index in [1.807, 2.05) is 6.20 Å². The first kappa shape index (κ1) is 11.7. The molecule has 2 N–H and O–H groups in total. The van der Waals surface area contributed by atoms with E-state index in [-0.39, 0.29) is 6.04 Å². The van der Waals surface area contributed by atoms with Gasteiger partial charge in [-0.1, -0.05) is 19.3 Å². The van der Waals surface area contributed by atoms with E-state index >= 15 is 0 Å². The molecule has 96 valence electrons. The van der Waals surface area contributed by atoms with Crippen molar-refractivity contribution in [2.45, 2.75) is 45.1 Å². The SMILES string of the molecule is Cc1ccn2c(C(N)C3CCCCC3)cnc2c1. The van der Waals surface area contributed by atoms with E-state index in [4.69, 9.17) is 5.73 Å². The second kappa shape index (κ2) is 4.73. The molecule has 0 radical (unpaired) electrons. The standard InChI is InChI=1S/C15H21N3/c1-11-7-8-18-13(10-17-14(18)9-11)15(16)12-5-3-2-4-6-12/h7-10,12,15H,2-6,16H2,1H3. The lowest BCUT2D eigenvalue weighted by Crippen LogP contribution is -2.24. The van der Waals surface area contributed by atoms with Crippen molar-refractivity contribution in [1.29, 1.82) is 0 Å². The zero-order valence-corrected chi connectivity index (χ0v) is 11.0. The van der Waals surface area contributed by atoms with Crippen LogP contribution in [0.2, 0.25) is 0 Å². The molecule has 2 heterocycles. The molecule has 3 nitrogen and oxygen atoms in total. The van der Waals surface area contributed by atoms with Gasteiger partial charge in [0.1, 0.15) is 5.65 Å². The molecule has 0 saturated heterocycles. The van der Waals surface area contributed by atoms with Gasteiger partial charge in [-0.25, -0.2) is 4.98 Å². The fourth-order valence-corrected chi connectivity index (χ4v) is 3.08. The molecule has 0 bridgehead atoms. The molecule has 0 aliphatic heterocycles. The summed E-state index contributed by atoms with van der Waals surface area (Å²) in [5, 5.41) is 0. The Labute approximate surface area is 108 Å². The molecule has 2 aromatic rings. The lowest BCUT2D eigenvalue weighted by molar-refractivity contribution is 0.304. The zero-order valence-electron chi connectivity index (χ0n) is 11.0. The summed E-state index contributed by atoms with van der Waals surface area (Å²) in [6.45, 7) is 2.09. The van der Waals surface area contributed by atoms with Crippen molar-refractivity contribution in [3.05, 3.63) is 35.8 Å². The minimum Gasteiger partial charge on any atom is -0.322 e. The van der Waals surface area contributed by atoms with Gasteiger partial charge in [-0.15, -0.1) is 0 Å². The molecule has 1 fully saturated rings. The van der Waals surface area contributed by atoms with Crippen LogP contribution in [0.25, 0.3) is 5.65 Å². The molecule has 1 unspecified atom stereocenters. The van der Waals surface area contributed by atoms with E-state index in [1.54, 1.807) is 0 Å². The molecule has 0 aromatic carbocycles. The second-order valence-electron chi connectivity index (χ2n) is 5.54. The first-order valence-corrected chi connectivity index (χ1v) is 6.95. The van der Waals surface area contributed by atoms with Gasteiger partial charge in [0, 0.05) is 12.2 Å². The quantitative estimate of drug-likeness (QED) is 0.880. The van der Waals surface area contributed by atoms with E-state index in [0.29, 0.717) is 5.92 Å². The summed E-state index contributed by atoms with van der Waals surface area (Å²) in [7, 11) is 0. The number of imidazole rings is 1. The number of hydrogen-bond acceptors (Lipinski definition) is 2. The smallest absolute Gasteiger partial charge is 0.137 e. The molecule has 3 heteroatoms. The molecule has 2 aromatic heterocycles. The first-order valence-electron chi connectivity index (χ1n) is 6.95. The van der Waals surface area contributed by atoms with Crippen LogP contribution in [0.5, 0.6) is 0 Å². The van der Waals surface area contributed by atoms with Gasteiger partial charge in [0.2, 0.25) is 0 Å². The van der Waals surface area contributed by atoms with Crippen LogP contribution in [0.15, 0.2) is 24.5 Å². The van der Waals surface area contributed by atoms with Crippen molar-refractivity contribution in [2.24, 2.45) is 11.7 Å². The molecule has 18 heavy (non-hydrogen) atoms. The van der Waals surface area contributed by atoms with Crippen molar-refractivity contribution in [3.63, 3.8) is 0 Å². The fraction of sp³-hybridized carbons (Fsp3) is 0.533. The summed E-state index contributed by atoms with van der Waals surface area (Å²) < 4.78 is 2.15. The fourth-order valence-electron chi connectivity index (χ4n) is 3.08. The van der Waals surface area contributed by atoms with E-state index in [0.717, 1.165) is 11.3 Å². The van der Waals surface area contributed by atoms with Crippen molar-refractivity contribution >= 4 is 5.65 Å².